The normalized spacial score (nSPS) is 24.5. The van der Waals surface area contributed by atoms with E-state index in [2.05, 4.69) is 52.9 Å². The molecule has 1 saturated heterocycles. The quantitative estimate of drug-likeness (QED) is 0.442. The number of anilines is 3. The molecular weight excluding hydrogens is 434 g/mol. The largest absolute Gasteiger partial charge is 0.393 e. The Balaban J connectivity index is 1.30. The van der Waals surface area contributed by atoms with Crippen molar-refractivity contribution in [3.63, 3.8) is 0 Å². The standard InChI is InChI=1S/C29H43N5O/c1-2-21-8-5-9-25(18-21)32-29-30-19-27(28(33-29)31-24-10-12-26(35)13-11-24)23-14-16-34(17-15-23)20-22-6-3-4-7-22/h5,8-9,18-19,22-24,26,35H,2-4,6-7,10-17,20H2,1H3,(H2,30,31,32,33)/t24-,26-. The molecule has 2 saturated carbocycles. The van der Waals surface area contributed by atoms with Crippen molar-refractivity contribution in [3.05, 3.63) is 41.6 Å². The Labute approximate surface area is 210 Å². The van der Waals surface area contributed by atoms with E-state index >= 15 is 0 Å². The Morgan fingerprint density at radius 3 is 2.51 bits per heavy atom. The number of piperidine rings is 1. The number of aliphatic hydroxyl groups excluding tert-OH is 1. The Bertz CT molecular complexity index is 944. The summed E-state index contributed by atoms with van der Waals surface area (Å²) >= 11 is 0. The van der Waals surface area contributed by atoms with E-state index in [-0.39, 0.29) is 6.10 Å². The molecule has 0 atom stereocenters. The van der Waals surface area contributed by atoms with Crippen molar-refractivity contribution in [1.29, 1.82) is 0 Å². The third-order valence-electron chi connectivity index (χ3n) is 8.46. The summed E-state index contributed by atoms with van der Waals surface area (Å²) in [5.41, 5.74) is 3.60. The van der Waals surface area contributed by atoms with Crippen LogP contribution in [0.25, 0.3) is 0 Å². The number of nitrogens with one attached hydrogen (secondary N) is 2. The van der Waals surface area contributed by atoms with Crippen LogP contribution in [0.15, 0.2) is 30.5 Å². The number of aromatic nitrogens is 2. The molecule has 1 aliphatic heterocycles. The zero-order valence-electron chi connectivity index (χ0n) is 21.4. The SMILES string of the molecule is CCc1cccc(Nc2ncc(C3CCN(CC4CCCC4)CC3)c(N[C@H]3CC[C@H](O)CC3)n2)c1. The maximum atomic E-state index is 9.96. The monoisotopic (exact) mass is 477 g/mol. The molecule has 190 valence electrons. The minimum atomic E-state index is -0.148. The zero-order chi connectivity index (χ0) is 24.0. The first kappa shape index (κ1) is 24.5. The van der Waals surface area contributed by atoms with Gasteiger partial charge in [-0.1, -0.05) is 31.9 Å². The fraction of sp³-hybridized carbons (Fsp3) is 0.655. The van der Waals surface area contributed by atoms with Crippen molar-refractivity contribution >= 4 is 17.5 Å². The van der Waals surface area contributed by atoms with Crippen molar-refractivity contribution < 1.29 is 5.11 Å². The van der Waals surface area contributed by atoms with Gasteiger partial charge in [0.25, 0.3) is 0 Å². The van der Waals surface area contributed by atoms with E-state index < -0.39 is 0 Å². The third-order valence-corrected chi connectivity index (χ3v) is 8.46. The van der Waals surface area contributed by atoms with Crippen LogP contribution in [0, 0.1) is 5.92 Å². The van der Waals surface area contributed by atoms with E-state index in [9.17, 15) is 5.11 Å². The highest BCUT2D eigenvalue weighted by Crippen LogP contribution is 2.35. The van der Waals surface area contributed by atoms with E-state index in [1.54, 1.807) is 0 Å². The summed E-state index contributed by atoms with van der Waals surface area (Å²) < 4.78 is 0. The molecule has 3 fully saturated rings. The van der Waals surface area contributed by atoms with Crippen LogP contribution in [0.1, 0.15) is 88.2 Å². The number of hydrogen-bond donors (Lipinski definition) is 3. The zero-order valence-corrected chi connectivity index (χ0v) is 21.4. The van der Waals surface area contributed by atoms with Crippen LogP contribution >= 0.6 is 0 Å². The van der Waals surface area contributed by atoms with Gasteiger partial charge >= 0.3 is 0 Å². The smallest absolute Gasteiger partial charge is 0.229 e. The van der Waals surface area contributed by atoms with Crippen LogP contribution in [0.4, 0.5) is 17.5 Å². The van der Waals surface area contributed by atoms with E-state index in [0.29, 0.717) is 17.9 Å². The van der Waals surface area contributed by atoms with Gasteiger partial charge in [0.15, 0.2) is 0 Å². The molecule has 0 amide bonds. The van der Waals surface area contributed by atoms with Gasteiger partial charge in [-0.25, -0.2) is 4.98 Å². The highest BCUT2D eigenvalue weighted by atomic mass is 16.3. The van der Waals surface area contributed by atoms with Gasteiger partial charge in [-0.15, -0.1) is 0 Å². The Kier molecular flexibility index (Phi) is 8.20. The van der Waals surface area contributed by atoms with Crippen LogP contribution in [0.2, 0.25) is 0 Å². The van der Waals surface area contributed by atoms with Gasteiger partial charge in [-0.05, 0) is 100 Å². The first-order chi connectivity index (χ1) is 17.2. The molecular formula is C29H43N5O. The lowest BCUT2D eigenvalue weighted by molar-refractivity contribution is 0.126. The van der Waals surface area contributed by atoms with Gasteiger partial charge in [0, 0.05) is 30.0 Å². The highest BCUT2D eigenvalue weighted by Gasteiger charge is 2.28. The molecule has 5 rings (SSSR count). The summed E-state index contributed by atoms with van der Waals surface area (Å²) in [6, 6.07) is 8.85. The fourth-order valence-corrected chi connectivity index (χ4v) is 6.26. The lowest BCUT2D eigenvalue weighted by Gasteiger charge is -2.34. The van der Waals surface area contributed by atoms with Gasteiger partial charge in [0.1, 0.15) is 5.82 Å². The average Bonchev–Trinajstić information content (AvgIpc) is 3.39. The van der Waals surface area contributed by atoms with E-state index in [1.807, 2.05) is 0 Å². The summed E-state index contributed by atoms with van der Waals surface area (Å²) in [4.78, 5) is 12.5. The van der Waals surface area contributed by atoms with E-state index in [0.717, 1.165) is 49.5 Å². The Morgan fingerprint density at radius 2 is 1.77 bits per heavy atom. The second kappa shape index (κ2) is 11.7. The molecule has 3 N–H and O–H groups in total. The molecule has 6 nitrogen and oxygen atoms in total. The Hall–Kier alpha value is -2.18. The van der Waals surface area contributed by atoms with Crippen LogP contribution < -0.4 is 10.6 Å². The summed E-state index contributed by atoms with van der Waals surface area (Å²) in [6.45, 7) is 5.82. The molecule has 0 bridgehead atoms. The highest BCUT2D eigenvalue weighted by molar-refractivity contribution is 5.58. The molecule has 2 heterocycles. The maximum absolute atomic E-state index is 9.96. The number of aryl methyl sites for hydroxylation is 1. The van der Waals surface area contributed by atoms with Crippen molar-refractivity contribution in [3.8, 4) is 0 Å². The molecule has 0 spiro atoms. The molecule has 3 aliphatic rings. The summed E-state index contributed by atoms with van der Waals surface area (Å²) in [6.07, 6.45) is 14.7. The number of rotatable bonds is 8. The molecule has 1 aromatic carbocycles. The van der Waals surface area contributed by atoms with Gasteiger partial charge in [0.2, 0.25) is 5.95 Å². The number of aliphatic hydroxyl groups is 1. The van der Waals surface area contributed by atoms with E-state index in [4.69, 9.17) is 9.97 Å². The number of likely N-dealkylation sites (tertiary alicyclic amines) is 1. The predicted octanol–water partition coefficient (Wildman–Crippen LogP) is 5.87. The maximum Gasteiger partial charge on any atom is 0.229 e. The Morgan fingerprint density at radius 1 is 1.00 bits per heavy atom. The molecule has 0 unspecified atom stereocenters. The van der Waals surface area contributed by atoms with Gasteiger partial charge in [0.05, 0.1) is 6.10 Å². The first-order valence-electron chi connectivity index (χ1n) is 14.1. The molecule has 35 heavy (non-hydrogen) atoms. The van der Waals surface area contributed by atoms with Gasteiger partial charge in [-0.3, -0.25) is 0 Å². The van der Waals surface area contributed by atoms with Crippen molar-refractivity contribution in [2.45, 2.75) is 95.6 Å². The minimum absolute atomic E-state index is 0.148. The lowest BCUT2D eigenvalue weighted by Crippen LogP contribution is -2.36. The number of benzene rings is 1. The van der Waals surface area contributed by atoms with Gasteiger partial charge in [-0.2, -0.15) is 4.98 Å². The van der Waals surface area contributed by atoms with Gasteiger partial charge < -0.3 is 20.6 Å². The second-order valence-electron chi connectivity index (χ2n) is 11.1. The fourth-order valence-electron chi connectivity index (χ4n) is 6.26. The summed E-state index contributed by atoms with van der Waals surface area (Å²) in [5.74, 6) is 3.07. The summed E-state index contributed by atoms with van der Waals surface area (Å²) in [7, 11) is 0. The predicted molar refractivity (Wildman–Crippen MR) is 143 cm³/mol. The van der Waals surface area contributed by atoms with Crippen molar-refractivity contribution in [2.24, 2.45) is 5.92 Å². The number of nitrogens with zero attached hydrogens (tertiary/aromatic N) is 3. The van der Waals surface area contributed by atoms with Crippen LogP contribution in [0.3, 0.4) is 0 Å². The van der Waals surface area contributed by atoms with Crippen LogP contribution in [0.5, 0.6) is 0 Å². The second-order valence-corrected chi connectivity index (χ2v) is 11.1. The summed E-state index contributed by atoms with van der Waals surface area (Å²) in [5, 5.41) is 17.2. The van der Waals surface area contributed by atoms with Crippen molar-refractivity contribution in [2.75, 3.05) is 30.3 Å². The molecule has 6 heteroatoms. The average molecular weight is 478 g/mol. The van der Waals surface area contributed by atoms with Crippen molar-refractivity contribution in [1.82, 2.24) is 14.9 Å². The van der Waals surface area contributed by atoms with E-state index in [1.165, 1.54) is 69.3 Å². The molecule has 1 aromatic heterocycles. The number of hydrogen-bond acceptors (Lipinski definition) is 6. The third kappa shape index (κ3) is 6.53. The minimum Gasteiger partial charge on any atom is -0.393 e. The topological polar surface area (TPSA) is 73.3 Å². The molecule has 2 aliphatic carbocycles. The molecule has 0 radical (unpaired) electrons. The van der Waals surface area contributed by atoms with Crippen LogP contribution in [-0.2, 0) is 6.42 Å². The lowest BCUT2D eigenvalue weighted by atomic mass is 9.89. The van der Waals surface area contributed by atoms with Crippen LogP contribution in [-0.4, -0.2) is 51.8 Å². The first-order valence-corrected chi connectivity index (χ1v) is 14.1. The molecule has 2 aromatic rings.